The third-order valence-corrected chi connectivity index (χ3v) is 4.18. The van der Waals surface area contributed by atoms with E-state index >= 15 is 0 Å². The van der Waals surface area contributed by atoms with Crippen LogP contribution in [0.25, 0.3) is 0 Å². The summed E-state index contributed by atoms with van der Waals surface area (Å²) < 4.78 is 5.95. The summed E-state index contributed by atoms with van der Waals surface area (Å²) in [5.74, 6) is 0. The number of non-ortho nitro benzene ring substituents is 1. The molecule has 0 bridgehead atoms. The molecule has 0 amide bonds. The Morgan fingerprint density at radius 1 is 1.14 bits per heavy atom. The lowest BCUT2D eigenvalue weighted by Gasteiger charge is -2.15. The molecule has 114 valence electrons. The highest BCUT2D eigenvalue weighted by Crippen LogP contribution is 2.38. The average molecular weight is 339 g/mol. The van der Waals surface area contributed by atoms with Gasteiger partial charge in [0.1, 0.15) is 12.3 Å². The van der Waals surface area contributed by atoms with Gasteiger partial charge >= 0.3 is 0 Å². The molecule has 0 saturated carbocycles. The standard InChI is InChI=1S/C15H12Cl2N2O3/c16-11-2-1-3-12(17)14(11)13-8-18-15(22-13)9-4-6-10(7-5-9)19(20)21/h1-7,13,15,18H,8H2/t13-,15+/m0/s1. The maximum atomic E-state index is 10.7. The Kier molecular flexibility index (Phi) is 4.31. The van der Waals surface area contributed by atoms with Gasteiger partial charge in [-0.3, -0.25) is 15.4 Å². The SMILES string of the molecule is O=[N+]([O-])c1ccc([C@@H]2NC[C@@H](c3c(Cl)cccc3Cl)O2)cc1. The van der Waals surface area contributed by atoms with E-state index in [9.17, 15) is 10.1 Å². The van der Waals surface area contributed by atoms with Crippen LogP contribution in [0.2, 0.25) is 10.0 Å². The number of halogens is 2. The first-order valence-corrected chi connectivity index (χ1v) is 7.39. The van der Waals surface area contributed by atoms with E-state index in [1.54, 1.807) is 30.3 Å². The molecule has 0 aromatic heterocycles. The van der Waals surface area contributed by atoms with E-state index in [-0.39, 0.29) is 18.0 Å². The Hall–Kier alpha value is -1.66. The fraction of sp³-hybridized carbons (Fsp3) is 0.200. The number of hydrogen-bond donors (Lipinski definition) is 1. The van der Waals surface area contributed by atoms with Gasteiger partial charge in [0, 0.05) is 34.3 Å². The third-order valence-electron chi connectivity index (χ3n) is 3.52. The van der Waals surface area contributed by atoms with E-state index in [1.165, 1.54) is 12.1 Å². The lowest BCUT2D eigenvalue weighted by Crippen LogP contribution is -2.13. The second-order valence-electron chi connectivity index (χ2n) is 4.90. The van der Waals surface area contributed by atoms with E-state index in [2.05, 4.69) is 5.32 Å². The van der Waals surface area contributed by atoms with Gasteiger partial charge in [0.15, 0.2) is 0 Å². The van der Waals surface area contributed by atoms with E-state index in [4.69, 9.17) is 27.9 Å². The number of nitro groups is 1. The Balaban J connectivity index is 1.79. The molecular weight excluding hydrogens is 327 g/mol. The van der Waals surface area contributed by atoms with E-state index in [1.807, 2.05) is 0 Å². The van der Waals surface area contributed by atoms with Crippen LogP contribution >= 0.6 is 23.2 Å². The largest absolute Gasteiger partial charge is 0.350 e. The number of nitrogens with zero attached hydrogens (tertiary/aromatic N) is 1. The Labute approximate surface area is 137 Å². The van der Waals surface area contributed by atoms with E-state index in [0.29, 0.717) is 16.6 Å². The van der Waals surface area contributed by atoms with Gasteiger partial charge in [-0.15, -0.1) is 0 Å². The zero-order valence-corrected chi connectivity index (χ0v) is 12.8. The molecule has 2 atom stereocenters. The minimum absolute atomic E-state index is 0.0486. The topological polar surface area (TPSA) is 64.4 Å². The van der Waals surface area contributed by atoms with Crippen molar-refractivity contribution in [2.24, 2.45) is 0 Å². The highest BCUT2D eigenvalue weighted by Gasteiger charge is 2.30. The summed E-state index contributed by atoms with van der Waals surface area (Å²) in [6.07, 6.45) is -0.612. The molecule has 2 aromatic carbocycles. The number of ether oxygens (including phenoxy) is 1. The van der Waals surface area contributed by atoms with Gasteiger partial charge in [0.2, 0.25) is 0 Å². The van der Waals surface area contributed by atoms with Crippen molar-refractivity contribution in [2.45, 2.75) is 12.3 Å². The molecule has 0 unspecified atom stereocenters. The summed E-state index contributed by atoms with van der Waals surface area (Å²) in [5.41, 5.74) is 1.62. The third kappa shape index (κ3) is 2.94. The minimum atomic E-state index is -0.432. The minimum Gasteiger partial charge on any atom is -0.350 e. The summed E-state index contributed by atoms with van der Waals surface area (Å²) >= 11 is 12.4. The first kappa shape index (κ1) is 15.2. The highest BCUT2D eigenvalue weighted by atomic mass is 35.5. The molecule has 1 saturated heterocycles. The van der Waals surface area contributed by atoms with Crippen LogP contribution in [0.5, 0.6) is 0 Å². The van der Waals surface area contributed by atoms with Gasteiger partial charge in [-0.1, -0.05) is 29.3 Å². The Morgan fingerprint density at radius 3 is 2.36 bits per heavy atom. The summed E-state index contributed by atoms with van der Waals surface area (Å²) in [5, 5.41) is 15.0. The van der Waals surface area contributed by atoms with Crippen LogP contribution in [0.4, 0.5) is 5.69 Å². The smallest absolute Gasteiger partial charge is 0.269 e. The van der Waals surface area contributed by atoms with Crippen LogP contribution in [-0.2, 0) is 4.74 Å². The molecular formula is C15H12Cl2N2O3. The average Bonchev–Trinajstić information content (AvgIpc) is 2.97. The molecule has 2 aromatic rings. The molecule has 1 fully saturated rings. The van der Waals surface area contributed by atoms with Gasteiger partial charge in [-0.2, -0.15) is 0 Å². The first-order valence-electron chi connectivity index (χ1n) is 6.63. The second-order valence-corrected chi connectivity index (χ2v) is 5.71. The van der Waals surface area contributed by atoms with E-state index < -0.39 is 4.92 Å². The number of nitro benzene ring substituents is 1. The predicted octanol–water partition coefficient (Wildman–Crippen LogP) is 4.26. The second kappa shape index (κ2) is 6.22. The molecule has 5 nitrogen and oxygen atoms in total. The molecule has 22 heavy (non-hydrogen) atoms. The van der Waals surface area contributed by atoms with Gasteiger partial charge in [0.25, 0.3) is 5.69 Å². The quantitative estimate of drug-likeness (QED) is 0.670. The summed E-state index contributed by atoms with van der Waals surface area (Å²) in [7, 11) is 0. The van der Waals surface area contributed by atoms with Crippen molar-refractivity contribution in [3.63, 3.8) is 0 Å². The van der Waals surface area contributed by atoms with Crippen LogP contribution < -0.4 is 5.32 Å². The van der Waals surface area contributed by atoms with Crippen LogP contribution in [0, 0.1) is 10.1 Å². The molecule has 0 aliphatic carbocycles. The van der Waals surface area contributed by atoms with Crippen LogP contribution in [0.1, 0.15) is 23.5 Å². The van der Waals surface area contributed by atoms with Crippen LogP contribution in [-0.4, -0.2) is 11.5 Å². The lowest BCUT2D eigenvalue weighted by atomic mass is 10.1. The zero-order chi connectivity index (χ0) is 15.7. The fourth-order valence-corrected chi connectivity index (χ4v) is 3.07. The number of hydrogen-bond acceptors (Lipinski definition) is 4. The lowest BCUT2D eigenvalue weighted by molar-refractivity contribution is -0.384. The zero-order valence-electron chi connectivity index (χ0n) is 11.3. The normalized spacial score (nSPS) is 21.0. The molecule has 0 radical (unpaired) electrons. The van der Waals surface area contributed by atoms with Crippen LogP contribution in [0.3, 0.4) is 0 Å². The fourth-order valence-electron chi connectivity index (χ4n) is 2.43. The maximum absolute atomic E-state index is 10.7. The van der Waals surface area contributed by atoms with Crippen molar-refractivity contribution < 1.29 is 9.66 Å². The number of nitrogens with one attached hydrogen (secondary N) is 1. The summed E-state index contributed by atoms with van der Waals surface area (Å²) in [4.78, 5) is 10.2. The molecule has 1 aliphatic rings. The van der Waals surface area contributed by atoms with Crippen molar-refractivity contribution in [1.29, 1.82) is 0 Å². The summed E-state index contributed by atoms with van der Waals surface area (Å²) in [6.45, 7) is 0.561. The van der Waals surface area contributed by atoms with Gasteiger partial charge in [-0.25, -0.2) is 0 Å². The highest BCUT2D eigenvalue weighted by molar-refractivity contribution is 6.36. The molecule has 0 spiro atoms. The monoisotopic (exact) mass is 338 g/mol. The molecule has 1 heterocycles. The number of benzene rings is 2. The van der Waals surface area contributed by atoms with Crippen molar-refractivity contribution in [3.05, 3.63) is 73.8 Å². The molecule has 1 N–H and O–H groups in total. The molecule has 7 heteroatoms. The van der Waals surface area contributed by atoms with Gasteiger partial charge < -0.3 is 4.74 Å². The van der Waals surface area contributed by atoms with Gasteiger partial charge in [0.05, 0.1) is 4.92 Å². The van der Waals surface area contributed by atoms with Crippen molar-refractivity contribution in [1.82, 2.24) is 5.32 Å². The number of rotatable bonds is 3. The Bertz CT molecular complexity index is 686. The molecule has 3 rings (SSSR count). The van der Waals surface area contributed by atoms with Crippen LogP contribution in [0.15, 0.2) is 42.5 Å². The van der Waals surface area contributed by atoms with Crippen molar-refractivity contribution in [2.75, 3.05) is 6.54 Å². The Morgan fingerprint density at radius 2 is 1.77 bits per heavy atom. The van der Waals surface area contributed by atoms with Crippen molar-refractivity contribution >= 4 is 28.9 Å². The van der Waals surface area contributed by atoms with Gasteiger partial charge in [-0.05, 0) is 29.8 Å². The first-order chi connectivity index (χ1) is 10.6. The van der Waals surface area contributed by atoms with E-state index in [0.717, 1.165) is 11.1 Å². The molecule has 1 aliphatic heterocycles. The van der Waals surface area contributed by atoms with Crippen molar-refractivity contribution in [3.8, 4) is 0 Å². The maximum Gasteiger partial charge on any atom is 0.269 e. The summed E-state index contributed by atoms with van der Waals surface area (Å²) in [6, 6.07) is 11.6. The predicted molar refractivity (Wildman–Crippen MR) is 84.1 cm³/mol.